The lowest BCUT2D eigenvalue weighted by Gasteiger charge is -2.08. The molecule has 0 saturated heterocycles. The molecule has 80 valence electrons. The highest BCUT2D eigenvalue weighted by Gasteiger charge is 2.19. The van der Waals surface area contributed by atoms with Crippen molar-refractivity contribution in [1.82, 2.24) is 0 Å². The number of hydrogen-bond acceptors (Lipinski definition) is 2. The number of Topliss-reactive ketones (excluding diaryl/α,β-unsaturated/α-hetero) is 2. The smallest absolute Gasteiger partial charge is 0.169 e. The summed E-state index contributed by atoms with van der Waals surface area (Å²) in [7, 11) is 0. The number of hydrogen-bond donors (Lipinski definition) is 0. The Morgan fingerprint density at radius 3 is 2.47 bits per heavy atom. The first kappa shape index (κ1) is 11.6. The molecule has 0 amide bonds. The maximum atomic E-state index is 13.2. The fourth-order valence-corrected chi connectivity index (χ4v) is 1.45. The molecule has 15 heavy (non-hydrogen) atoms. The summed E-state index contributed by atoms with van der Waals surface area (Å²) in [6.07, 6.45) is 0.160. The molecule has 0 aliphatic rings. The molecule has 2 nitrogen and oxygen atoms in total. The zero-order chi connectivity index (χ0) is 11.4. The summed E-state index contributed by atoms with van der Waals surface area (Å²) in [6.45, 7) is 3.06. The summed E-state index contributed by atoms with van der Waals surface area (Å²) in [6, 6.07) is 5.82. The van der Waals surface area contributed by atoms with Crippen LogP contribution in [-0.4, -0.2) is 11.6 Å². The Kier molecular flexibility index (Phi) is 3.72. The van der Waals surface area contributed by atoms with Crippen molar-refractivity contribution in [3.8, 4) is 0 Å². The molecule has 0 fully saturated rings. The van der Waals surface area contributed by atoms with Gasteiger partial charge in [-0.05, 0) is 19.1 Å². The van der Waals surface area contributed by atoms with Crippen molar-refractivity contribution >= 4 is 11.6 Å². The van der Waals surface area contributed by atoms with E-state index < -0.39 is 11.7 Å². The number of rotatable bonds is 4. The van der Waals surface area contributed by atoms with Gasteiger partial charge in [-0.2, -0.15) is 0 Å². The largest absolute Gasteiger partial charge is 0.300 e. The molecule has 0 saturated carbocycles. The van der Waals surface area contributed by atoms with E-state index in [0.29, 0.717) is 0 Å². The molecule has 1 rings (SSSR count). The Bertz CT molecular complexity index is 385. The molecular weight excluding hydrogens is 195 g/mol. The van der Waals surface area contributed by atoms with Gasteiger partial charge in [0.15, 0.2) is 5.78 Å². The zero-order valence-corrected chi connectivity index (χ0v) is 8.79. The van der Waals surface area contributed by atoms with Crippen LogP contribution in [0.15, 0.2) is 24.3 Å². The van der Waals surface area contributed by atoms with E-state index in [4.69, 9.17) is 0 Å². The highest BCUT2D eigenvalue weighted by molar-refractivity contribution is 5.99. The molecule has 3 heteroatoms. The van der Waals surface area contributed by atoms with Gasteiger partial charge in [0.25, 0.3) is 0 Å². The highest BCUT2D eigenvalue weighted by Crippen LogP contribution is 2.15. The lowest BCUT2D eigenvalue weighted by molar-refractivity contribution is -0.117. The second-order valence-electron chi connectivity index (χ2n) is 3.65. The normalized spacial score (nSPS) is 12.2. The van der Waals surface area contributed by atoms with Gasteiger partial charge >= 0.3 is 0 Å². The minimum atomic E-state index is -0.530. The molecule has 1 aromatic carbocycles. The summed E-state index contributed by atoms with van der Waals surface area (Å²) < 4.78 is 13.2. The van der Waals surface area contributed by atoms with E-state index in [-0.39, 0.29) is 23.6 Å². The van der Waals surface area contributed by atoms with E-state index in [1.807, 2.05) is 0 Å². The van der Waals surface area contributed by atoms with E-state index in [9.17, 15) is 14.0 Å². The van der Waals surface area contributed by atoms with Gasteiger partial charge in [-0.15, -0.1) is 0 Å². The Morgan fingerprint density at radius 1 is 1.33 bits per heavy atom. The van der Waals surface area contributed by atoms with Crippen LogP contribution in [0, 0.1) is 11.7 Å². The standard InChI is InChI=1S/C12H13FO2/c1-8(7-9(2)14)12(15)10-5-3-4-6-11(10)13/h3-6,8H,7H2,1-2H3. The van der Waals surface area contributed by atoms with Gasteiger partial charge in [0.05, 0.1) is 5.56 Å². The monoisotopic (exact) mass is 208 g/mol. The lowest BCUT2D eigenvalue weighted by Crippen LogP contribution is -2.15. The number of ketones is 2. The van der Waals surface area contributed by atoms with E-state index in [1.54, 1.807) is 13.0 Å². The number of halogens is 1. The van der Waals surface area contributed by atoms with Crippen molar-refractivity contribution in [3.63, 3.8) is 0 Å². The maximum Gasteiger partial charge on any atom is 0.169 e. The second kappa shape index (κ2) is 4.82. The predicted molar refractivity (Wildman–Crippen MR) is 55.2 cm³/mol. The van der Waals surface area contributed by atoms with Crippen LogP contribution in [0.25, 0.3) is 0 Å². The summed E-state index contributed by atoms with van der Waals surface area (Å²) in [5.74, 6) is -1.37. The summed E-state index contributed by atoms with van der Waals surface area (Å²) in [5.41, 5.74) is 0.0613. The van der Waals surface area contributed by atoms with Gasteiger partial charge in [-0.1, -0.05) is 19.1 Å². The SMILES string of the molecule is CC(=O)CC(C)C(=O)c1ccccc1F. The molecule has 1 unspecified atom stereocenters. The van der Waals surface area contributed by atoms with Crippen LogP contribution in [-0.2, 0) is 4.79 Å². The van der Waals surface area contributed by atoms with Crippen molar-refractivity contribution < 1.29 is 14.0 Å². The van der Waals surface area contributed by atoms with Crippen LogP contribution in [0.5, 0.6) is 0 Å². The summed E-state index contributed by atoms with van der Waals surface area (Å²) in [4.78, 5) is 22.5. The van der Waals surface area contributed by atoms with Crippen LogP contribution in [0.4, 0.5) is 4.39 Å². The van der Waals surface area contributed by atoms with E-state index in [1.165, 1.54) is 25.1 Å². The quantitative estimate of drug-likeness (QED) is 0.713. The summed E-state index contributed by atoms with van der Waals surface area (Å²) >= 11 is 0. The molecule has 0 aliphatic carbocycles. The van der Waals surface area contributed by atoms with Crippen molar-refractivity contribution in [3.05, 3.63) is 35.6 Å². The van der Waals surface area contributed by atoms with Gasteiger partial charge in [-0.25, -0.2) is 4.39 Å². The molecule has 0 spiro atoms. The Balaban J connectivity index is 2.85. The van der Waals surface area contributed by atoms with Crippen molar-refractivity contribution in [1.29, 1.82) is 0 Å². The molecule has 0 heterocycles. The maximum absolute atomic E-state index is 13.2. The number of carbonyl (C=O) groups excluding carboxylic acids is 2. The Hall–Kier alpha value is -1.51. The van der Waals surface area contributed by atoms with Gasteiger partial charge in [0.1, 0.15) is 11.6 Å². The zero-order valence-electron chi connectivity index (χ0n) is 8.79. The highest BCUT2D eigenvalue weighted by atomic mass is 19.1. The third-order valence-electron chi connectivity index (χ3n) is 2.18. The predicted octanol–water partition coefficient (Wildman–Crippen LogP) is 2.62. The third-order valence-corrected chi connectivity index (χ3v) is 2.18. The molecule has 0 N–H and O–H groups in total. The Labute approximate surface area is 88.1 Å². The van der Waals surface area contributed by atoms with Crippen LogP contribution in [0.1, 0.15) is 30.6 Å². The average molecular weight is 208 g/mol. The van der Waals surface area contributed by atoms with E-state index >= 15 is 0 Å². The molecular formula is C12H13FO2. The van der Waals surface area contributed by atoms with Crippen molar-refractivity contribution in [2.45, 2.75) is 20.3 Å². The molecule has 0 bridgehead atoms. The van der Waals surface area contributed by atoms with Crippen molar-refractivity contribution in [2.75, 3.05) is 0 Å². The van der Waals surface area contributed by atoms with Crippen molar-refractivity contribution in [2.24, 2.45) is 5.92 Å². The topological polar surface area (TPSA) is 34.1 Å². The first-order chi connectivity index (χ1) is 7.02. The van der Waals surface area contributed by atoms with Gasteiger partial charge in [0.2, 0.25) is 0 Å². The fraction of sp³-hybridized carbons (Fsp3) is 0.333. The van der Waals surface area contributed by atoms with E-state index in [2.05, 4.69) is 0 Å². The second-order valence-corrected chi connectivity index (χ2v) is 3.65. The van der Waals surface area contributed by atoms with Gasteiger partial charge in [0, 0.05) is 12.3 Å². The fourth-order valence-electron chi connectivity index (χ4n) is 1.45. The van der Waals surface area contributed by atoms with Gasteiger partial charge in [-0.3, -0.25) is 4.79 Å². The molecule has 1 aromatic rings. The number of carbonyl (C=O) groups is 2. The van der Waals surface area contributed by atoms with Crippen LogP contribution >= 0.6 is 0 Å². The van der Waals surface area contributed by atoms with Crippen LogP contribution < -0.4 is 0 Å². The van der Waals surface area contributed by atoms with Gasteiger partial charge < -0.3 is 4.79 Å². The first-order valence-corrected chi connectivity index (χ1v) is 4.80. The molecule has 0 aromatic heterocycles. The first-order valence-electron chi connectivity index (χ1n) is 4.80. The third kappa shape index (κ3) is 2.98. The van der Waals surface area contributed by atoms with E-state index in [0.717, 1.165) is 0 Å². The summed E-state index contributed by atoms with van der Waals surface area (Å²) in [5, 5.41) is 0. The Morgan fingerprint density at radius 2 is 1.93 bits per heavy atom. The average Bonchev–Trinajstić information content (AvgIpc) is 2.16. The lowest BCUT2D eigenvalue weighted by atomic mass is 9.95. The minimum Gasteiger partial charge on any atom is -0.300 e. The minimum absolute atomic E-state index is 0.0613. The molecule has 0 radical (unpaired) electrons. The number of benzene rings is 1. The van der Waals surface area contributed by atoms with Crippen LogP contribution in [0.2, 0.25) is 0 Å². The van der Waals surface area contributed by atoms with Crippen LogP contribution in [0.3, 0.4) is 0 Å². The molecule has 0 aliphatic heterocycles. The molecule has 1 atom stereocenters.